The molecule has 0 amide bonds. The van der Waals surface area contributed by atoms with E-state index in [1.54, 1.807) is 0 Å². The van der Waals surface area contributed by atoms with E-state index >= 15 is 0 Å². The standard InChI is InChI=1S/C15H21NO/c1-16-13-8-7-12(10-13)14-6-2-4-11-5-3-9-17-15(11)14/h2,4,6,12-13,16H,3,5,7-10H2,1H3. The fraction of sp³-hybridized carbons (Fsp3) is 0.600. The van der Waals surface area contributed by atoms with Crippen LogP contribution in [-0.2, 0) is 6.42 Å². The van der Waals surface area contributed by atoms with E-state index in [2.05, 4.69) is 30.6 Å². The molecule has 1 heterocycles. The summed E-state index contributed by atoms with van der Waals surface area (Å²) in [6.45, 7) is 0.895. The maximum absolute atomic E-state index is 5.92. The number of ether oxygens (including phenoxy) is 1. The molecule has 0 spiro atoms. The first-order valence-electron chi connectivity index (χ1n) is 6.80. The van der Waals surface area contributed by atoms with Crippen LogP contribution in [0.15, 0.2) is 18.2 Å². The van der Waals surface area contributed by atoms with Gasteiger partial charge in [-0.05, 0) is 56.2 Å². The summed E-state index contributed by atoms with van der Waals surface area (Å²) >= 11 is 0. The minimum atomic E-state index is 0.694. The highest BCUT2D eigenvalue weighted by Gasteiger charge is 2.28. The number of hydrogen-bond acceptors (Lipinski definition) is 2. The summed E-state index contributed by atoms with van der Waals surface area (Å²) in [6, 6.07) is 7.39. The van der Waals surface area contributed by atoms with Crippen LogP contribution in [0.25, 0.3) is 0 Å². The Hall–Kier alpha value is -1.02. The fourth-order valence-corrected chi connectivity index (χ4v) is 3.26. The maximum atomic E-state index is 5.92. The molecule has 2 aliphatic rings. The van der Waals surface area contributed by atoms with E-state index in [0.29, 0.717) is 12.0 Å². The van der Waals surface area contributed by atoms with E-state index in [0.717, 1.165) is 6.61 Å². The first-order chi connectivity index (χ1) is 8.38. The van der Waals surface area contributed by atoms with Crippen molar-refractivity contribution < 1.29 is 4.74 Å². The molecule has 1 aromatic carbocycles. The Bertz CT molecular complexity index is 402. The highest BCUT2D eigenvalue weighted by atomic mass is 16.5. The summed E-state index contributed by atoms with van der Waals surface area (Å²) < 4.78 is 5.92. The molecule has 2 unspecified atom stereocenters. The molecule has 2 atom stereocenters. The van der Waals surface area contributed by atoms with Gasteiger partial charge in [-0.1, -0.05) is 18.2 Å². The van der Waals surface area contributed by atoms with Crippen LogP contribution in [-0.4, -0.2) is 19.7 Å². The zero-order chi connectivity index (χ0) is 11.7. The summed E-state index contributed by atoms with van der Waals surface area (Å²) in [7, 11) is 2.07. The number of hydrogen-bond donors (Lipinski definition) is 1. The van der Waals surface area contributed by atoms with E-state index in [-0.39, 0.29) is 0 Å². The van der Waals surface area contributed by atoms with Crippen LogP contribution >= 0.6 is 0 Å². The van der Waals surface area contributed by atoms with Gasteiger partial charge in [0.1, 0.15) is 5.75 Å². The number of aryl methyl sites for hydroxylation is 1. The van der Waals surface area contributed by atoms with E-state index in [1.165, 1.54) is 49.0 Å². The Morgan fingerprint density at radius 3 is 3.06 bits per heavy atom. The minimum Gasteiger partial charge on any atom is -0.493 e. The molecule has 1 saturated carbocycles. The number of fused-ring (bicyclic) bond motifs is 1. The topological polar surface area (TPSA) is 21.3 Å². The highest BCUT2D eigenvalue weighted by molar-refractivity contribution is 5.45. The van der Waals surface area contributed by atoms with Gasteiger partial charge in [0.15, 0.2) is 0 Å². The molecule has 0 saturated heterocycles. The van der Waals surface area contributed by atoms with E-state index in [1.807, 2.05) is 0 Å². The summed E-state index contributed by atoms with van der Waals surface area (Å²) in [5, 5.41) is 3.40. The Labute approximate surface area is 103 Å². The van der Waals surface area contributed by atoms with Crippen molar-refractivity contribution in [1.29, 1.82) is 0 Å². The largest absolute Gasteiger partial charge is 0.493 e. The molecule has 2 nitrogen and oxygen atoms in total. The predicted molar refractivity (Wildman–Crippen MR) is 69.7 cm³/mol. The zero-order valence-electron chi connectivity index (χ0n) is 10.5. The lowest BCUT2D eigenvalue weighted by Gasteiger charge is -2.23. The van der Waals surface area contributed by atoms with Crippen LogP contribution in [0.3, 0.4) is 0 Å². The molecule has 1 N–H and O–H groups in total. The third-order valence-corrected chi connectivity index (χ3v) is 4.24. The van der Waals surface area contributed by atoms with Crippen LogP contribution < -0.4 is 10.1 Å². The summed E-state index contributed by atoms with van der Waals surface area (Å²) in [4.78, 5) is 0. The number of rotatable bonds is 2. The average Bonchev–Trinajstić information content (AvgIpc) is 2.87. The number of para-hydroxylation sites is 1. The van der Waals surface area contributed by atoms with Gasteiger partial charge in [0.25, 0.3) is 0 Å². The van der Waals surface area contributed by atoms with E-state index in [4.69, 9.17) is 4.74 Å². The zero-order valence-corrected chi connectivity index (χ0v) is 10.5. The van der Waals surface area contributed by atoms with Crippen molar-refractivity contribution in [2.75, 3.05) is 13.7 Å². The molecular weight excluding hydrogens is 210 g/mol. The second kappa shape index (κ2) is 4.69. The van der Waals surface area contributed by atoms with Crippen molar-refractivity contribution in [3.8, 4) is 5.75 Å². The van der Waals surface area contributed by atoms with Gasteiger partial charge in [-0.15, -0.1) is 0 Å². The van der Waals surface area contributed by atoms with Gasteiger partial charge in [-0.2, -0.15) is 0 Å². The third-order valence-electron chi connectivity index (χ3n) is 4.24. The molecule has 17 heavy (non-hydrogen) atoms. The van der Waals surface area contributed by atoms with E-state index in [9.17, 15) is 0 Å². The molecule has 0 radical (unpaired) electrons. The molecule has 1 aliphatic carbocycles. The second-order valence-electron chi connectivity index (χ2n) is 5.28. The summed E-state index contributed by atoms with van der Waals surface area (Å²) in [5.41, 5.74) is 2.88. The van der Waals surface area contributed by atoms with Crippen molar-refractivity contribution in [2.24, 2.45) is 0 Å². The third kappa shape index (κ3) is 2.06. The molecule has 2 heteroatoms. The lowest BCUT2D eigenvalue weighted by atomic mass is 9.92. The molecular formula is C15H21NO. The van der Waals surface area contributed by atoms with Crippen molar-refractivity contribution in [3.05, 3.63) is 29.3 Å². The van der Waals surface area contributed by atoms with Crippen LogP contribution in [0.4, 0.5) is 0 Å². The van der Waals surface area contributed by atoms with Crippen LogP contribution in [0.2, 0.25) is 0 Å². The van der Waals surface area contributed by atoms with Crippen LogP contribution in [0.1, 0.15) is 42.7 Å². The van der Waals surface area contributed by atoms with Crippen molar-refractivity contribution in [2.45, 2.75) is 44.1 Å². The van der Waals surface area contributed by atoms with Gasteiger partial charge in [-0.25, -0.2) is 0 Å². The Morgan fingerprint density at radius 1 is 1.29 bits per heavy atom. The van der Waals surface area contributed by atoms with Crippen LogP contribution in [0, 0.1) is 0 Å². The number of benzene rings is 1. The molecule has 3 rings (SSSR count). The van der Waals surface area contributed by atoms with Gasteiger partial charge < -0.3 is 10.1 Å². The molecule has 92 valence electrons. The normalized spacial score (nSPS) is 27.6. The van der Waals surface area contributed by atoms with Gasteiger partial charge in [0.05, 0.1) is 6.61 Å². The molecule has 1 aliphatic heterocycles. The van der Waals surface area contributed by atoms with Gasteiger partial charge >= 0.3 is 0 Å². The van der Waals surface area contributed by atoms with Gasteiger partial charge in [0, 0.05) is 6.04 Å². The Kier molecular flexibility index (Phi) is 3.06. The molecule has 1 aromatic rings. The fourth-order valence-electron chi connectivity index (χ4n) is 3.26. The molecule has 0 bridgehead atoms. The summed E-state index contributed by atoms with van der Waals surface area (Å²) in [6.07, 6.45) is 6.21. The van der Waals surface area contributed by atoms with Crippen molar-refractivity contribution in [1.82, 2.24) is 5.32 Å². The van der Waals surface area contributed by atoms with Crippen molar-refractivity contribution >= 4 is 0 Å². The van der Waals surface area contributed by atoms with Gasteiger partial charge in [0.2, 0.25) is 0 Å². The van der Waals surface area contributed by atoms with E-state index < -0.39 is 0 Å². The number of nitrogens with one attached hydrogen (secondary N) is 1. The van der Waals surface area contributed by atoms with Gasteiger partial charge in [-0.3, -0.25) is 0 Å². The Balaban J connectivity index is 1.88. The first-order valence-corrected chi connectivity index (χ1v) is 6.80. The highest BCUT2D eigenvalue weighted by Crippen LogP contribution is 2.41. The predicted octanol–water partition coefficient (Wildman–Crippen LogP) is 2.87. The maximum Gasteiger partial charge on any atom is 0.125 e. The minimum absolute atomic E-state index is 0.694. The summed E-state index contributed by atoms with van der Waals surface area (Å²) in [5.74, 6) is 1.90. The lowest BCUT2D eigenvalue weighted by molar-refractivity contribution is 0.283. The molecule has 0 aromatic heterocycles. The molecule has 1 fully saturated rings. The second-order valence-corrected chi connectivity index (χ2v) is 5.28. The first kappa shape index (κ1) is 11.1. The smallest absolute Gasteiger partial charge is 0.125 e. The average molecular weight is 231 g/mol. The lowest BCUT2D eigenvalue weighted by Crippen LogP contribution is -2.21. The van der Waals surface area contributed by atoms with Crippen molar-refractivity contribution in [3.63, 3.8) is 0 Å². The SMILES string of the molecule is CNC1CCC(c2cccc3c2OCCC3)C1. The quantitative estimate of drug-likeness (QED) is 0.845. The van der Waals surface area contributed by atoms with Crippen LogP contribution in [0.5, 0.6) is 5.75 Å². The Morgan fingerprint density at radius 2 is 2.24 bits per heavy atom. The monoisotopic (exact) mass is 231 g/mol.